The van der Waals surface area contributed by atoms with Gasteiger partial charge in [-0.1, -0.05) is 26.0 Å². The van der Waals surface area contributed by atoms with Crippen molar-refractivity contribution in [3.8, 4) is 0 Å². The van der Waals surface area contributed by atoms with Crippen LogP contribution in [0.15, 0.2) is 49.1 Å². The zero-order chi connectivity index (χ0) is 21.8. The molecule has 1 N–H and O–H groups in total. The Morgan fingerprint density at radius 2 is 1.87 bits per heavy atom. The van der Waals surface area contributed by atoms with Crippen molar-refractivity contribution >= 4 is 17.5 Å². The van der Waals surface area contributed by atoms with Crippen molar-refractivity contribution in [2.75, 3.05) is 13.1 Å². The number of hydrogen-bond donors (Lipinski definition) is 1. The third-order valence-electron chi connectivity index (χ3n) is 5.84. The smallest absolute Gasteiger partial charge is 0.251 e. The first kappa shape index (κ1) is 21.0. The van der Waals surface area contributed by atoms with Gasteiger partial charge in [0.1, 0.15) is 0 Å². The fourth-order valence-corrected chi connectivity index (χ4v) is 4.08. The fourth-order valence-electron chi connectivity index (χ4n) is 4.08. The number of nitrogens with one attached hydrogen (secondary N) is 1. The Morgan fingerprint density at radius 1 is 1.13 bits per heavy atom. The van der Waals surface area contributed by atoms with Crippen molar-refractivity contribution in [2.45, 2.75) is 45.6 Å². The van der Waals surface area contributed by atoms with Gasteiger partial charge in [-0.3, -0.25) is 14.6 Å². The van der Waals surface area contributed by atoms with Gasteiger partial charge in [0.2, 0.25) is 5.91 Å². The zero-order valence-corrected chi connectivity index (χ0v) is 18.1. The molecule has 31 heavy (non-hydrogen) atoms. The normalized spacial score (nSPS) is 14.9. The summed E-state index contributed by atoms with van der Waals surface area (Å²) in [6, 6.07) is 7.85. The molecule has 0 spiro atoms. The summed E-state index contributed by atoms with van der Waals surface area (Å²) in [7, 11) is 0. The largest absolute Gasteiger partial charge is 0.346 e. The lowest BCUT2D eigenvalue weighted by Crippen LogP contribution is -2.38. The first-order valence-corrected chi connectivity index (χ1v) is 10.9. The summed E-state index contributed by atoms with van der Waals surface area (Å²) in [5.41, 5.74) is 3.42. The standard InChI is InChI=1S/C24H29N5O2/c1-17(2)13-23(30)28-10-7-19(8-11-28)18-3-5-20(6-4-18)24(31)27-14-21-16-29-12-9-25-22(29)15-26-21/h3-6,9,12,15-17,19H,7-8,10-11,13-14H2,1-2H3,(H,27,31). The van der Waals surface area contributed by atoms with Gasteiger partial charge >= 0.3 is 0 Å². The van der Waals surface area contributed by atoms with Gasteiger partial charge in [-0.15, -0.1) is 0 Å². The van der Waals surface area contributed by atoms with E-state index in [9.17, 15) is 9.59 Å². The molecule has 2 amide bonds. The lowest BCUT2D eigenvalue weighted by atomic mass is 9.88. The predicted molar refractivity (Wildman–Crippen MR) is 119 cm³/mol. The average molecular weight is 420 g/mol. The summed E-state index contributed by atoms with van der Waals surface area (Å²) in [6.45, 7) is 6.14. The number of piperidine rings is 1. The maximum atomic E-state index is 12.5. The van der Waals surface area contributed by atoms with Crippen molar-refractivity contribution in [2.24, 2.45) is 5.92 Å². The van der Waals surface area contributed by atoms with Gasteiger partial charge in [-0.2, -0.15) is 0 Å². The monoisotopic (exact) mass is 419 g/mol. The van der Waals surface area contributed by atoms with Gasteiger partial charge in [0.05, 0.1) is 18.4 Å². The number of benzene rings is 1. The van der Waals surface area contributed by atoms with E-state index in [4.69, 9.17) is 0 Å². The van der Waals surface area contributed by atoms with Gasteiger partial charge < -0.3 is 14.6 Å². The summed E-state index contributed by atoms with van der Waals surface area (Å²) >= 11 is 0. The number of carbonyl (C=O) groups excluding carboxylic acids is 2. The number of nitrogens with zero attached hydrogens (tertiary/aromatic N) is 4. The highest BCUT2D eigenvalue weighted by atomic mass is 16.2. The SMILES string of the molecule is CC(C)CC(=O)N1CCC(c2ccc(C(=O)NCc3cn4ccnc4cn3)cc2)CC1. The number of fused-ring (bicyclic) bond motifs is 1. The Labute approximate surface area is 182 Å². The van der Waals surface area contributed by atoms with Crippen LogP contribution in [-0.4, -0.2) is 44.2 Å². The summed E-state index contributed by atoms with van der Waals surface area (Å²) in [4.78, 5) is 35.3. The lowest BCUT2D eigenvalue weighted by molar-refractivity contribution is -0.133. The highest BCUT2D eigenvalue weighted by Crippen LogP contribution is 2.28. The van der Waals surface area contributed by atoms with E-state index < -0.39 is 0 Å². The van der Waals surface area contributed by atoms with Gasteiger partial charge in [-0.05, 0) is 42.4 Å². The maximum absolute atomic E-state index is 12.5. The molecule has 1 saturated heterocycles. The van der Waals surface area contributed by atoms with Crippen molar-refractivity contribution < 1.29 is 9.59 Å². The Morgan fingerprint density at radius 3 is 2.58 bits per heavy atom. The van der Waals surface area contributed by atoms with Crippen LogP contribution in [0.3, 0.4) is 0 Å². The molecule has 0 bridgehead atoms. The second-order valence-electron chi connectivity index (χ2n) is 8.63. The van der Waals surface area contributed by atoms with Crippen molar-refractivity contribution in [1.29, 1.82) is 0 Å². The number of imidazole rings is 1. The molecule has 7 nitrogen and oxygen atoms in total. The van der Waals surface area contributed by atoms with Crippen molar-refractivity contribution in [3.63, 3.8) is 0 Å². The molecule has 4 rings (SSSR count). The molecular formula is C24H29N5O2. The fraction of sp³-hybridized carbons (Fsp3) is 0.417. The van der Waals surface area contributed by atoms with Crippen LogP contribution in [0.2, 0.25) is 0 Å². The van der Waals surface area contributed by atoms with Crippen LogP contribution in [0.1, 0.15) is 60.6 Å². The molecule has 1 aliphatic rings. The lowest BCUT2D eigenvalue weighted by Gasteiger charge is -2.32. The van der Waals surface area contributed by atoms with Crippen LogP contribution >= 0.6 is 0 Å². The van der Waals surface area contributed by atoms with Crippen LogP contribution in [0.25, 0.3) is 5.65 Å². The van der Waals surface area contributed by atoms with Crippen LogP contribution in [0, 0.1) is 5.92 Å². The molecule has 3 heterocycles. The molecule has 2 aromatic heterocycles. The Kier molecular flexibility index (Phi) is 6.30. The van der Waals surface area contributed by atoms with Gasteiger partial charge in [-0.25, -0.2) is 4.98 Å². The van der Waals surface area contributed by atoms with E-state index in [-0.39, 0.29) is 11.8 Å². The summed E-state index contributed by atoms with van der Waals surface area (Å²) in [5, 5.41) is 2.93. The molecule has 162 valence electrons. The Bertz CT molecular complexity index is 1050. The zero-order valence-electron chi connectivity index (χ0n) is 18.1. The number of rotatable bonds is 6. The van der Waals surface area contributed by atoms with E-state index in [0.29, 0.717) is 30.4 Å². The van der Waals surface area contributed by atoms with Crippen molar-refractivity contribution in [1.82, 2.24) is 24.6 Å². The topological polar surface area (TPSA) is 79.6 Å². The summed E-state index contributed by atoms with van der Waals surface area (Å²) < 4.78 is 1.88. The number of hydrogen-bond acceptors (Lipinski definition) is 4. The molecule has 1 aromatic carbocycles. The van der Waals surface area contributed by atoms with Crippen LogP contribution < -0.4 is 5.32 Å². The highest BCUT2D eigenvalue weighted by molar-refractivity contribution is 5.94. The van der Waals surface area contributed by atoms with Gasteiger partial charge in [0, 0.05) is 43.7 Å². The molecule has 0 saturated carbocycles. The molecule has 0 aliphatic carbocycles. The minimum atomic E-state index is -0.117. The number of likely N-dealkylation sites (tertiary alicyclic amines) is 1. The molecule has 0 atom stereocenters. The first-order chi connectivity index (χ1) is 15.0. The maximum Gasteiger partial charge on any atom is 0.251 e. The van der Waals surface area contributed by atoms with Crippen molar-refractivity contribution in [3.05, 3.63) is 65.9 Å². The summed E-state index contributed by atoms with van der Waals surface area (Å²) in [6.07, 6.45) is 9.69. The minimum Gasteiger partial charge on any atom is -0.346 e. The van der Waals surface area contributed by atoms with Crippen LogP contribution in [0.5, 0.6) is 0 Å². The Hall–Kier alpha value is -3.22. The molecule has 3 aromatic rings. The summed E-state index contributed by atoms with van der Waals surface area (Å²) in [5.74, 6) is 0.982. The van der Waals surface area contributed by atoms with Gasteiger partial charge in [0.25, 0.3) is 5.91 Å². The van der Waals surface area contributed by atoms with Gasteiger partial charge in [0.15, 0.2) is 5.65 Å². The minimum absolute atomic E-state index is 0.117. The first-order valence-electron chi connectivity index (χ1n) is 10.9. The quantitative estimate of drug-likeness (QED) is 0.664. The molecular weight excluding hydrogens is 390 g/mol. The van der Waals surface area contributed by atoms with Crippen LogP contribution in [-0.2, 0) is 11.3 Å². The van der Waals surface area contributed by atoms with E-state index in [2.05, 4.69) is 29.1 Å². The third kappa shape index (κ3) is 5.10. The Balaban J connectivity index is 1.29. The van der Waals surface area contributed by atoms with E-state index in [1.54, 1.807) is 12.4 Å². The molecule has 1 aliphatic heterocycles. The van der Waals surface area contributed by atoms with E-state index in [0.717, 1.165) is 37.3 Å². The molecule has 1 fully saturated rings. The number of aromatic nitrogens is 3. The number of carbonyl (C=O) groups is 2. The average Bonchev–Trinajstić information content (AvgIpc) is 3.25. The highest BCUT2D eigenvalue weighted by Gasteiger charge is 2.24. The molecule has 0 unspecified atom stereocenters. The predicted octanol–water partition coefficient (Wildman–Crippen LogP) is 3.41. The molecule has 7 heteroatoms. The molecule has 0 radical (unpaired) electrons. The second-order valence-corrected chi connectivity index (χ2v) is 8.63. The van der Waals surface area contributed by atoms with E-state index >= 15 is 0 Å². The van der Waals surface area contributed by atoms with Crippen LogP contribution in [0.4, 0.5) is 0 Å². The number of amides is 2. The third-order valence-corrected chi connectivity index (χ3v) is 5.84. The van der Waals surface area contributed by atoms with E-state index in [1.165, 1.54) is 5.56 Å². The van der Waals surface area contributed by atoms with E-state index in [1.807, 2.05) is 46.0 Å². The second kappa shape index (κ2) is 9.29.